The maximum atomic E-state index is 12.8. The van der Waals surface area contributed by atoms with E-state index >= 15 is 0 Å². The Morgan fingerprint density at radius 3 is 2.17 bits per heavy atom. The number of aromatic nitrogens is 2. The van der Waals surface area contributed by atoms with Gasteiger partial charge in [-0.25, -0.2) is 9.67 Å². The molecule has 0 aliphatic rings. The predicted octanol–water partition coefficient (Wildman–Crippen LogP) is 3.85. The van der Waals surface area contributed by atoms with Gasteiger partial charge in [0, 0.05) is 13.3 Å². The maximum absolute atomic E-state index is 12.8. The molecule has 1 aromatic heterocycles. The zero-order valence-electron chi connectivity index (χ0n) is 14.4. The minimum atomic E-state index is -0.108. The molecule has 0 amide bonds. The second-order valence-corrected chi connectivity index (χ2v) is 5.97. The van der Waals surface area contributed by atoms with Gasteiger partial charge in [0.05, 0.1) is 11.4 Å². The van der Waals surface area contributed by atoms with Gasteiger partial charge in [-0.1, -0.05) is 36.4 Å². The first-order chi connectivity index (χ1) is 11.5. The van der Waals surface area contributed by atoms with Gasteiger partial charge < -0.3 is 0 Å². The van der Waals surface area contributed by atoms with Crippen molar-refractivity contribution in [1.29, 1.82) is 0 Å². The van der Waals surface area contributed by atoms with E-state index in [-0.39, 0.29) is 5.56 Å². The van der Waals surface area contributed by atoms with Crippen LogP contribution in [0.15, 0.2) is 58.3 Å². The molecule has 24 heavy (non-hydrogen) atoms. The van der Waals surface area contributed by atoms with E-state index in [1.165, 1.54) is 0 Å². The Morgan fingerprint density at radius 1 is 0.917 bits per heavy atom. The quantitative estimate of drug-likeness (QED) is 0.676. The first-order valence-electron chi connectivity index (χ1n) is 7.95. The molecule has 1 heterocycles. The summed E-state index contributed by atoms with van der Waals surface area (Å²) in [4.78, 5) is 17.4. The fraction of sp³-hybridized carbons (Fsp3) is 0.200. The highest BCUT2D eigenvalue weighted by molar-refractivity contribution is 5.85. The van der Waals surface area contributed by atoms with E-state index < -0.39 is 0 Å². The Morgan fingerprint density at radius 2 is 1.54 bits per heavy atom. The van der Waals surface area contributed by atoms with Crippen molar-refractivity contribution in [3.05, 3.63) is 81.3 Å². The van der Waals surface area contributed by atoms with Crippen LogP contribution in [0, 0.1) is 20.8 Å². The molecule has 4 heteroatoms. The van der Waals surface area contributed by atoms with Gasteiger partial charge in [0.25, 0.3) is 5.56 Å². The SMILES string of the molecule is Cc1cccc(C)c1C=Nc1c(C)n(C)n(-c2ccccc2)c1=O. The number of hydrogen-bond acceptors (Lipinski definition) is 2. The van der Waals surface area contributed by atoms with E-state index in [2.05, 4.69) is 31.0 Å². The molecule has 0 radical (unpaired) electrons. The Hall–Kier alpha value is -2.88. The second-order valence-electron chi connectivity index (χ2n) is 5.97. The standard InChI is InChI=1S/C20H21N3O/c1-14-9-8-10-15(2)18(14)13-21-19-16(3)22(4)23(20(19)24)17-11-6-5-7-12-17/h5-13H,1-4H3. The lowest BCUT2D eigenvalue weighted by Gasteiger charge is -2.07. The highest BCUT2D eigenvalue weighted by Crippen LogP contribution is 2.18. The zero-order valence-corrected chi connectivity index (χ0v) is 14.4. The molecule has 3 rings (SSSR count). The first-order valence-corrected chi connectivity index (χ1v) is 7.95. The van der Waals surface area contributed by atoms with Crippen LogP contribution in [0.1, 0.15) is 22.4 Å². The minimum Gasteiger partial charge on any atom is -0.283 e. The third kappa shape index (κ3) is 2.71. The van der Waals surface area contributed by atoms with Crippen LogP contribution >= 0.6 is 0 Å². The number of hydrogen-bond donors (Lipinski definition) is 0. The third-order valence-corrected chi connectivity index (χ3v) is 4.39. The summed E-state index contributed by atoms with van der Waals surface area (Å²) in [5.41, 5.74) is 5.40. The molecule has 0 atom stereocenters. The van der Waals surface area contributed by atoms with E-state index in [1.807, 2.05) is 55.1 Å². The highest BCUT2D eigenvalue weighted by atomic mass is 16.1. The van der Waals surface area contributed by atoms with Gasteiger partial charge in [-0.05, 0) is 49.6 Å². The molecule has 4 nitrogen and oxygen atoms in total. The van der Waals surface area contributed by atoms with Crippen molar-refractivity contribution >= 4 is 11.9 Å². The summed E-state index contributed by atoms with van der Waals surface area (Å²) >= 11 is 0. The number of para-hydroxylation sites is 1. The van der Waals surface area contributed by atoms with Crippen LogP contribution < -0.4 is 5.56 Å². The van der Waals surface area contributed by atoms with Crippen LogP contribution in [0.3, 0.4) is 0 Å². The van der Waals surface area contributed by atoms with Crippen molar-refractivity contribution in [3.63, 3.8) is 0 Å². The Bertz CT molecular complexity index is 942. The normalized spacial score (nSPS) is 11.3. The van der Waals surface area contributed by atoms with Crippen LogP contribution in [0.2, 0.25) is 0 Å². The molecular weight excluding hydrogens is 298 g/mol. The second kappa shape index (κ2) is 6.32. The number of nitrogens with zero attached hydrogens (tertiary/aromatic N) is 3. The molecule has 0 bridgehead atoms. The first kappa shape index (κ1) is 16.0. The number of aliphatic imine (C=N–C) groups is 1. The molecule has 3 aromatic rings. The maximum Gasteiger partial charge on any atom is 0.297 e. The van der Waals surface area contributed by atoms with E-state index in [4.69, 9.17) is 0 Å². The van der Waals surface area contributed by atoms with Crippen molar-refractivity contribution in [3.8, 4) is 5.69 Å². The lowest BCUT2D eigenvalue weighted by atomic mass is 10.0. The van der Waals surface area contributed by atoms with Gasteiger partial charge in [0.15, 0.2) is 5.69 Å². The van der Waals surface area contributed by atoms with E-state index in [0.29, 0.717) is 5.69 Å². The van der Waals surface area contributed by atoms with Gasteiger partial charge in [0.2, 0.25) is 0 Å². The van der Waals surface area contributed by atoms with Crippen molar-refractivity contribution < 1.29 is 0 Å². The summed E-state index contributed by atoms with van der Waals surface area (Å²) in [6.45, 7) is 6.02. The molecule has 0 saturated carbocycles. The third-order valence-electron chi connectivity index (χ3n) is 4.39. The van der Waals surface area contributed by atoms with Crippen LogP contribution in [0.25, 0.3) is 5.69 Å². The van der Waals surface area contributed by atoms with Crippen molar-refractivity contribution in [2.45, 2.75) is 20.8 Å². The van der Waals surface area contributed by atoms with Gasteiger partial charge >= 0.3 is 0 Å². The lowest BCUT2D eigenvalue weighted by molar-refractivity contribution is 0.630. The smallest absolute Gasteiger partial charge is 0.283 e. The van der Waals surface area contributed by atoms with Crippen molar-refractivity contribution in [2.24, 2.45) is 12.0 Å². The molecule has 0 aliphatic carbocycles. The van der Waals surface area contributed by atoms with E-state index in [0.717, 1.165) is 28.1 Å². The van der Waals surface area contributed by atoms with Crippen LogP contribution in [0.4, 0.5) is 5.69 Å². The average molecular weight is 319 g/mol. The van der Waals surface area contributed by atoms with Gasteiger partial charge in [-0.2, -0.15) is 0 Å². The number of aryl methyl sites for hydroxylation is 2. The Kier molecular flexibility index (Phi) is 4.21. The Labute approximate surface area is 141 Å². The molecule has 0 saturated heterocycles. The van der Waals surface area contributed by atoms with E-state index in [1.54, 1.807) is 10.9 Å². The van der Waals surface area contributed by atoms with Gasteiger partial charge in [-0.3, -0.25) is 9.48 Å². The van der Waals surface area contributed by atoms with Crippen LogP contribution in [-0.2, 0) is 7.05 Å². The number of rotatable bonds is 3. The fourth-order valence-electron chi connectivity index (χ4n) is 2.86. The molecule has 122 valence electrons. The van der Waals surface area contributed by atoms with Crippen LogP contribution in [-0.4, -0.2) is 15.6 Å². The summed E-state index contributed by atoms with van der Waals surface area (Å²) in [5, 5.41) is 0. The number of benzene rings is 2. The monoisotopic (exact) mass is 319 g/mol. The predicted molar refractivity (Wildman–Crippen MR) is 98.9 cm³/mol. The largest absolute Gasteiger partial charge is 0.297 e. The fourth-order valence-corrected chi connectivity index (χ4v) is 2.86. The summed E-state index contributed by atoms with van der Waals surface area (Å²) in [7, 11) is 1.88. The highest BCUT2D eigenvalue weighted by Gasteiger charge is 2.15. The summed E-state index contributed by atoms with van der Waals surface area (Å²) < 4.78 is 3.49. The van der Waals surface area contributed by atoms with E-state index in [9.17, 15) is 4.79 Å². The van der Waals surface area contributed by atoms with Crippen molar-refractivity contribution in [1.82, 2.24) is 9.36 Å². The molecule has 0 N–H and O–H groups in total. The Balaban J connectivity index is 2.11. The lowest BCUT2D eigenvalue weighted by Crippen LogP contribution is -2.19. The summed E-state index contributed by atoms with van der Waals surface area (Å²) in [6.07, 6.45) is 1.80. The van der Waals surface area contributed by atoms with Gasteiger partial charge in [-0.15, -0.1) is 0 Å². The molecular formula is C20H21N3O. The van der Waals surface area contributed by atoms with Crippen molar-refractivity contribution in [2.75, 3.05) is 0 Å². The molecule has 0 fully saturated rings. The zero-order chi connectivity index (χ0) is 17.3. The molecule has 0 spiro atoms. The molecule has 0 unspecified atom stereocenters. The molecule has 0 aliphatic heterocycles. The average Bonchev–Trinajstić information content (AvgIpc) is 2.78. The minimum absolute atomic E-state index is 0.108. The topological polar surface area (TPSA) is 39.3 Å². The molecule has 2 aromatic carbocycles. The summed E-state index contributed by atoms with van der Waals surface area (Å²) in [5.74, 6) is 0. The summed E-state index contributed by atoms with van der Waals surface area (Å²) in [6, 6.07) is 15.7. The van der Waals surface area contributed by atoms with Gasteiger partial charge in [0.1, 0.15) is 0 Å². The van der Waals surface area contributed by atoms with Crippen LogP contribution in [0.5, 0.6) is 0 Å².